The van der Waals surface area contributed by atoms with E-state index in [0.29, 0.717) is 11.9 Å². The lowest BCUT2D eigenvalue weighted by molar-refractivity contribution is 0.134. The van der Waals surface area contributed by atoms with E-state index < -0.39 is 10.0 Å². The summed E-state index contributed by atoms with van der Waals surface area (Å²) in [4.78, 5) is 0.272. The summed E-state index contributed by atoms with van der Waals surface area (Å²) in [6, 6.07) is 6.81. The van der Waals surface area contributed by atoms with E-state index in [0.717, 1.165) is 31.2 Å². The molecule has 0 heterocycles. The lowest BCUT2D eigenvalue weighted by Crippen LogP contribution is -2.38. The highest BCUT2D eigenvalue weighted by molar-refractivity contribution is 9.08. The first-order valence-electron chi connectivity index (χ1n) is 6.77. The third kappa shape index (κ3) is 3.61. The topological polar surface area (TPSA) is 66.4 Å². The zero-order valence-corrected chi connectivity index (χ0v) is 13.7. The number of rotatable bonds is 6. The molecule has 0 saturated heterocycles. The fourth-order valence-corrected chi connectivity index (χ4v) is 4.14. The molecule has 0 spiro atoms. The van der Waals surface area contributed by atoms with Crippen molar-refractivity contribution in [2.45, 2.75) is 35.9 Å². The molecule has 1 aromatic rings. The maximum atomic E-state index is 12.2. The minimum atomic E-state index is -3.50. The van der Waals surface area contributed by atoms with Gasteiger partial charge in [-0.1, -0.05) is 40.9 Å². The third-order valence-corrected chi connectivity index (χ3v) is 6.09. The second-order valence-electron chi connectivity index (χ2n) is 5.47. The molecule has 0 radical (unpaired) electrons. The van der Waals surface area contributed by atoms with Crippen molar-refractivity contribution < 1.29 is 13.5 Å². The zero-order valence-electron chi connectivity index (χ0n) is 11.3. The van der Waals surface area contributed by atoms with Crippen LogP contribution in [0, 0.1) is 5.41 Å². The molecule has 2 N–H and O–H groups in total. The normalized spacial score (nSPS) is 18.3. The van der Waals surface area contributed by atoms with Crippen molar-refractivity contribution in [3.63, 3.8) is 0 Å². The molecule has 0 atom stereocenters. The molecular weight excluding hydrogens is 342 g/mol. The van der Waals surface area contributed by atoms with Gasteiger partial charge in [0.05, 0.1) is 4.90 Å². The van der Waals surface area contributed by atoms with Crippen molar-refractivity contribution >= 4 is 26.0 Å². The summed E-state index contributed by atoms with van der Waals surface area (Å²) in [6.07, 6.45) is 3.88. The Kier molecular flexibility index (Phi) is 5.23. The lowest BCUT2D eigenvalue weighted by atomic mass is 9.88. The molecule has 20 heavy (non-hydrogen) atoms. The summed E-state index contributed by atoms with van der Waals surface area (Å²) in [6.45, 7) is 0.351. The van der Waals surface area contributed by atoms with Crippen LogP contribution in [0.15, 0.2) is 29.2 Å². The van der Waals surface area contributed by atoms with Gasteiger partial charge in [0.1, 0.15) is 0 Å². The zero-order chi connectivity index (χ0) is 14.6. The largest absolute Gasteiger partial charge is 0.396 e. The van der Waals surface area contributed by atoms with Gasteiger partial charge in [-0.2, -0.15) is 0 Å². The highest BCUT2D eigenvalue weighted by atomic mass is 79.9. The number of aliphatic hydroxyl groups excluding tert-OH is 1. The number of sulfonamides is 1. The Hall–Kier alpha value is -0.430. The summed E-state index contributed by atoms with van der Waals surface area (Å²) < 4.78 is 27.1. The number of nitrogens with one attached hydrogen (secondary N) is 1. The minimum Gasteiger partial charge on any atom is -0.396 e. The first-order chi connectivity index (χ1) is 9.51. The Morgan fingerprint density at radius 2 is 1.80 bits per heavy atom. The average molecular weight is 362 g/mol. The minimum absolute atomic E-state index is 0.0397. The monoisotopic (exact) mass is 361 g/mol. The molecule has 1 aliphatic rings. The van der Waals surface area contributed by atoms with E-state index in [-0.39, 0.29) is 16.9 Å². The van der Waals surface area contributed by atoms with E-state index >= 15 is 0 Å². The van der Waals surface area contributed by atoms with Crippen molar-refractivity contribution in [1.29, 1.82) is 0 Å². The van der Waals surface area contributed by atoms with Crippen LogP contribution in [0.1, 0.15) is 31.2 Å². The van der Waals surface area contributed by atoms with E-state index in [1.54, 1.807) is 24.3 Å². The molecule has 0 bridgehead atoms. The maximum Gasteiger partial charge on any atom is 0.240 e. The molecule has 0 aliphatic heterocycles. The summed E-state index contributed by atoms with van der Waals surface area (Å²) >= 11 is 3.33. The van der Waals surface area contributed by atoms with Crippen LogP contribution in [0.5, 0.6) is 0 Å². The molecule has 1 aliphatic carbocycles. The number of hydrogen-bond acceptors (Lipinski definition) is 3. The van der Waals surface area contributed by atoms with E-state index in [1.165, 1.54) is 0 Å². The maximum absolute atomic E-state index is 12.2. The van der Waals surface area contributed by atoms with Crippen molar-refractivity contribution in [2.24, 2.45) is 5.41 Å². The highest BCUT2D eigenvalue weighted by Gasteiger charge is 2.34. The van der Waals surface area contributed by atoms with Crippen LogP contribution in [0.4, 0.5) is 0 Å². The van der Waals surface area contributed by atoms with Gasteiger partial charge in [0.15, 0.2) is 0 Å². The van der Waals surface area contributed by atoms with Gasteiger partial charge in [-0.15, -0.1) is 0 Å². The number of hydrogen-bond donors (Lipinski definition) is 2. The molecule has 0 aromatic heterocycles. The van der Waals surface area contributed by atoms with Crippen LogP contribution < -0.4 is 4.72 Å². The van der Waals surface area contributed by atoms with Crippen molar-refractivity contribution in [1.82, 2.24) is 4.72 Å². The molecule has 2 rings (SSSR count). The predicted molar refractivity (Wildman–Crippen MR) is 82.2 cm³/mol. The van der Waals surface area contributed by atoms with Gasteiger partial charge in [0.2, 0.25) is 10.0 Å². The highest BCUT2D eigenvalue weighted by Crippen LogP contribution is 2.37. The van der Waals surface area contributed by atoms with Gasteiger partial charge in [0.25, 0.3) is 0 Å². The van der Waals surface area contributed by atoms with Crippen molar-refractivity contribution in [2.75, 3.05) is 13.2 Å². The summed E-state index contributed by atoms with van der Waals surface area (Å²) in [7, 11) is -3.50. The molecular formula is C14H20BrNO3S. The Labute approximate surface area is 128 Å². The molecule has 0 amide bonds. The van der Waals surface area contributed by atoms with Crippen molar-refractivity contribution in [3.8, 4) is 0 Å². The van der Waals surface area contributed by atoms with Crippen LogP contribution in [-0.2, 0) is 15.4 Å². The first-order valence-corrected chi connectivity index (χ1v) is 9.37. The number of halogens is 1. The molecule has 6 heteroatoms. The molecule has 1 saturated carbocycles. The van der Waals surface area contributed by atoms with Crippen LogP contribution >= 0.6 is 15.9 Å². The van der Waals surface area contributed by atoms with Gasteiger partial charge in [-0.05, 0) is 30.5 Å². The molecule has 0 unspecified atom stereocenters. The predicted octanol–water partition coefficient (Wildman–Crippen LogP) is 2.41. The third-order valence-electron chi connectivity index (χ3n) is 4.02. The Morgan fingerprint density at radius 3 is 2.30 bits per heavy atom. The smallest absolute Gasteiger partial charge is 0.240 e. The second-order valence-corrected chi connectivity index (χ2v) is 7.80. The Morgan fingerprint density at radius 1 is 1.20 bits per heavy atom. The Balaban J connectivity index is 2.06. The summed E-state index contributed by atoms with van der Waals surface area (Å²) in [5.41, 5.74) is 0.759. The SMILES string of the molecule is O=S(=O)(NCC1(CO)CCCC1)c1ccc(CBr)cc1. The average Bonchev–Trinajstić information content (AvgIpc) is 2.95. The first kappa shape index (κ1) is 15.9. The van der Waals surface area contributed by atoms with Gasteiger partial charge in [0, 0.05) is 23.9 Å². The van der Waals surface area contributed by atoms with Crippen LogP contribution in [0.25, 0.3) is 0 Å². The molecule has 112 valence electrons. The second kappa shape index (κ2) is 6.56. The van der Waals surface area contributed by atoms with Crippen molar-refractivity contribution in [3.05, 3.63) is 29.8 Å². The molecule has 4 nitrogen and oxygen atoms in total. The van der Waals surface area contributed by atoms with E-state index in [4.69, 9.17) is 0 Å². The van der Waals surface area contributed by atoms with Gasteiger partial charge in [-0.3, -0.25) is 0 Å². The number of aliphatic hydroxyl groups is 1. The number of alkyl halides is 1. The fourth-order valence-electron chi connectivity index (χ4n) is 2.60. The van der Waals surface area contributed by atoms with E-state index in [9.17, 15) is 13.5 Å². The Bertz CT molecular complexity index is 536. The van der Waals surface area contributed by atoms with Gasteiger partial charge in [-0.25, -0.2) is 13.1 Å². The quantitative estimate of drug-likeness (QED) is 0.764. The lowest BCUT2D eigenvalue weighted by Gasteiger charge is -2.26. The van der Waals surface area contributed by atoms with Gasteiger partial charge >= 0.3 is 0 Å². The molecule has 1 fully saturated rings. The van der Waals surface area contributed by atoms with E-state index in [1.807, 2.05) is 0 Å². The van der Waals surface area contributed by atoms with Crippen LogP contribution in [0.3, 0.4) is 0 Å². The van der Waals surface area contributed by atoms with E-state index in [2.05, 4.69) is 20.7 Å². The molecule has 1 aromatic carbocycles. The van der Waals surface area contributed by atoms with Crippen LogP contribution in [0.2, 0.25) is 0 Å². The summed E-state index contributed by atoms with van der Waals surface area (Å²) in [5.74, 6) is 0. The van der Waals surface area contributed by atoms with Crippen LogP contribution in [-0.4, -0.2) is 26.7 Å². The fraction of sp³-hybridized carbons (Fsp3) is 0.571. The standard InChI is InChI=1S/C14H20BrNO3S/c15-9-12-3-5-13(6-4-12)20(18,19)16-10-14(11-17)7-1-2-8-14/h3-6,16-17H,1-2,7-11H2. The number of benzene rings is 1. The summed E-state index contributed by atoms with van der Waals surface area (Å²) in [5, 5.41) is 10.2. The van der Waals surface area contributed by atoms with Gasteiger partial charge < -0.3 is 5.11 Å².